The monoisotopic (exact) mass is 482 g/mol. The summed E-state index contributed by atoms with van der Waals surface area (Å²) in [5, 5.41) is 0.417. The van der Waals surface area contributed by atoms with Crippen molar-refractivity contribution in [2.24, 2.45) is 0 Å². The Kier molecular flexibility index (Phi) is 6.41. The summed E-state index contributed by atoms with van der Waals surface area (Å²) in [6, 6.07) is 12.7. The molecule has 3 aromatic rings. The third-order valence-corrected chi connectivity index (χ3v) is 9.15. The Morgan fingerprint density at radius 3 is 2.32 bits per heavy atom. The van der Waals surface area contributed by atoms with E-state index in [-0.39, 0.29) is 25.7 Å². The zero-order valence-corrected chi connectivity index (χ0v) is 19.3. The first-order valence-electron chi connectivity index (χ1n) is 10.2. The average molecular weight is 483 g/mol. The van der Waals surface area contributed by atoms with Crippen LogP contribution >= 0.6 is 11.6 Å². The van der Waals surface area contributed by atoms with E-state index in [1.54, 1.807) is 36.4 Å². The summed E-state index contributed by atoms with van der Waals surface area (Å²) >= 11 is 6.34. The Bertz CT molecular complexity index is 1280. The van der Waals surface area contributed by atoms with Gasteiger partial charge in [0.15, 0.2) is 0 Å². The summed E-state index contributed by atoms with van der Waals surface area (Å²) in [6.07, 6.45) is 4.65. The normalized spacial score (nSPS) is 16.0. The van der Waals surface area contributed by atoms with Crippen molar-refractivity contribution in [3.05, 3.63) is 59.8 Å². The molecule has 0 saturated carbocycles. The number of fused-ring (bicyclic) bond motifs is 1. The van der Waals surface area contributed by atoms with Crippen LogP contribution in [0.15, 0.2) is 64.5 Å². The molecule has 31 heavy (non-hydrogen) atoms. The number of benzene rings is 2. The maximum atomic E-state index is 13.2. The van der Waals surface area contributed by atoms with Crippen molar-refractivity contribution in [3.8, 4) is 0 Å². The molecule has 0 bridgehead atoms. The third-order valence-electron chi connectivity index (χ3n) is 5.55. The van der Waals surface area contributed by atoms with Crippen molar-refractivity contribution >= 4 is 42.6 Å². The molecule has 1 aliphatic rings. The lowest BCUT2D eigenvalue weighted by Crippen LogP contribution is -2.88. The van der Waals surface area contributed by atoms with Crippen LogP contribution in [0.5, 0.6) is 0 Å². The van der Waals surface area contributed by atoms with Crippen molar-refractivity contribution in [3.63, 3.8) is 0 Å². The second-order valence-electron chi connectivity index (χ2n) is 7.64. The van der Waals surface area contributed by atoms with Gasteiger partial charge in [0.25, 0.3) is 10.0 Å². The first-order chi connectivity index (χ1) is 14.8. The maximum Gasteiger partial charge on any atom is 0.326 e. The van der Waals surface area contributed by atoms with Gasteiger partial charge in [-0.1, -0.05) is 42.3 Å². The fourth-order valence-electron chi connectivity index (χ4n) is 3.96. The van der Waals surface area contributed by atoms with Crippen molar-refractivity contribution in [2.75, 3.05) is 26.2 Å². The fraction of sp³-hybridized carbons (Fsp3) is 0.333. The smallest absolute Gasteiger partial charge is 0.298 e. The fourth-order valence-corrected chi connectivity index (χ4v) is 7.09. The van der Waals surface area contributed by atoms with E-state index in [1.165, 1.54) is 29.5 Å². The number of halogens is 1. The quantitative estimate of drug-likeness (QED) is 0.557. The van der Waals surface area contributed by atoms with E-state index >= 15 is 0 Å². The number of nitrogens with two attached hydrogens (primary N) is 1. The number of nitrogens with zero attached hydrogens (tertiary/aromatic N) is 2. The molecule has 0 unspecified atom stereocenters. The molecule has 0 amide bonds. The minimum atomic E-state index is -3.99. The topological polar surface area (TPSA) is 93.1 Å². The first kappa shape index (κ1) is 22.3. The van der Waals surface area contributed by atoms with Crippen LogP contribution < -0.4 is 4.72 Å². The zero-order chi connectivity index (χ0) is 22.1. The van der Waals surface area contributed by atoms with Gasteiger partial charge in [-0.05, 0) is 50.2 Å². The lowest BCUT2D eigenvalue weighted by Gasteiger charge is -2.25. The molecule has 2 N–H and O–H groups in total. The highest BCUT2D eigenvalue weighted by atomic mass is 35.5. The number of primary sulfonamides is 1. The number of piperidine rings is 1. The molecule has 1 aromatic heterocycles. The summed E-state index contributed by atoms with van der Waals surface area (Å²) in [5.74, 6) is 0. The van der Waals surface area contributed by atoms with Crippen molar-refractivity contribution in [1.82, 2.24) is 8.87 Å². The molecule has 2 aromatic carbocycles. The third kappa shape index (κ3) is 4.51. The molecule has 4 rings (SSSR count). The zero-order valence-electron chi connectivity index (χ0n) is 16.9. The van der Waals surface area contributed by atoms with Crippen molar-refractivity contribution in [2.45, 2.75) is 29.1 Å². The number of likely N-dealkylation sites (tertiary alicyclic amines) is 1. The predicted octanol–water partition coefficient (Wildman–Crippen LogP) is 2.27. The van der Waals surface area contributed by atoms with Crippen LogP contribution in [0.1, 0.15) is 19.3 Å². The molecule has 0 aliphatic carbocycles. The van der Waals surface area contributed by atoms with E-state index in [2.05, 4.69) is 4.90 Å². The van der Waals surface area contributed by atoms with Gasteiger partial charge in [-0.3, -0.25) is 4.90 Å². The van der Waals surface area contributed by atoms with Gasteiger partial charge in [0, 0.05) is 18.1 Å². The van der Waals surface area contributed by atoms with E-state index in [4.69, 9.17) is 11.6 Å². The molecule has 10 heteroatoms. The molecule has 2 heterocycles. The largest absolute Gasteiger partial charge is 0.326 e. The van der Waals surface area contributed by atoms with Crippen molar-refractivity contribution < 1.29 is 21.6 Å². The highest BCUT2D eigenvalue weighted by Crippen LogP contribution is 2.33. The SMILES string of the molecule is O=S(=O)([NH2+]CCN1CCCCC1)c1cn(S(=O)(=O)c2ccccc2)c2cccc(Cl)c12. The van der Waals surface area contributed by atoms with E-state index in [0.29, 0.717) is 13.1 Å². The van der Waals surface area contributed by atoms with E-state index in [1.807, 2.05) is 0 Å². The molecule has 7 nitrogen and oxygen atoms in total. The number of quaternary nitrogens is 1. The molecular weight excluding hydrogens is 458 g/mol. The van der Waals surface area contributed by atoms with Gasteiger partial charge in [-0.25, -0.2) is 17.1 Å². The Balaban J connectivity index is 1.71. The number of sulfonamides is 1. The molecule has 1 aliphatic heterocycles. The molecule has 166 valence electrons. The van der Waals surface area contributed by atoms with Crippen LogP contribution in [0.25, 0.3) is 10.9 Å². The second kappa shape index (κ2) is 8.91. The van der Waals surface area contributed by atoms with Crippen LogP contribution in [0.2, 0.25) is 5.02 Å². The average Bonchev–Trinajstić information content (AvgIpc) is 3.18. The number of aromatic nitrogens is 1. The van der Waals surface area contributed by atoms with E-state index in [9.17, 15) is 16.8 Å². The van der Waals surface area contributed by atoms with E-state index in [0.717, 1.165) is 29.9 Å². The molecule has 0 radical (unpaired) electrons. The highest BCUT2D eigenvalue weighted by molar-refractivity contribution is 7.90. The van der Waals surface area contributed by atoms with Crippen LogP contribution in [-0.2, 0) is 20.0 Å². The summed E-state index contributed by atoms with van der Waals surface area (Å²) in [5.41, 5.74) is 0.236. The van der Waals surface area contributed by atoms with Gasteiger partial charge in [0.2, 0.25) is 0 Å². The summed E-state index contributed by atoms with van der Waals surface area (Å²) in [4.78, 5) is 2.24. The molecular formula is C21H25ClN3O4S2+. The van der Waals surface area contributed by atoms with Crippen LogP contribution in [0, 0.1) is 0 Å². The maximum absolute atomic E-state index is 13.2. The van der Waals surface area contributed by atoms with Crippen LogP contribution in [0.4, 0.5) is 0 Å². The van der Waals surface area contributed by atoms with Gasteiger partial charge in [-0.15, -0.1) is 0 Å². The van der Waals surface area contributed by atoms with Gasteiger partial charge in [-0.2, -0.15) is 8.42 Å². The van der Waals surface area contributed by atoms with Crippen LogP contribution in [-0.4, -0.2) is 51.9 Å². The molecule has 0 atom stereocenters. The minimum Gasteiger partial charge on any atom is -0.298 e. The second-order valence-corrected chi connectivity index (χ2v) is 11.7. The Morgan fingerprint density at radius 2 is 1.61 bits per heavy atom. The predicted molar refractivity (Wildman–Crippen MR) is 120 cm³/mol. The minimum absolute atomic E-state index is 0.0740. The standard InChI is InChI=1S/C21H24ClN3O4S2/c22-18-10-7-11-19-21(18)20(16-25(19)31(28,29)17-8-3-1-4-9-17)30(26,27)23-12-15-24-13-5-2-6-14-24/h1,3-4,7-11,16,23H,2,5-6,12-15H2/p+1. The van der Waals surface area contributed by atoms with Gasteiger partial charge < -0.3 is 0 Å². The summed E-state index contributed by atoms with van der Waals surface area (Å²) in [6.45, 7) is 2.99. The number of hydrogen-bond donors (Lipinski definition) is 1. The summed E-state index contributed by atoms with van der Waals surface area (Å²) in [7, 11) is -7.84. The van der Waals surface area contributed by atoms with Gasteiger partial charge >= 0.3 is 10.0 Å². The van der Waals surface area contributed by atoms with Gasteiger partial charge in [0.1, 0.15) is 11.4 Å². The molecule has 1 saturated heterocycles. The first-order valence-corrected chi connectivity index (χ1v) is 13.6. The van der Waals surface area contributed by atoms with Crippen molar-refractivity contribution in [1.29, 1.82) is 0 Å². The summed E-state index contributed by atoms with van der Waals surface area (Å²) < 4.78 is 55.1. The molecule has 1 fully saturated rings. The molecule has 0 spiro atoms. The van der Waals surface area contributed by atoms with Gasteiger partial charge in [0.05, 0.1) is 15.4 Å². The van der Waals surface area contributed by atoms with Crippen LogP contribution in [0.3, 0.4) is 0 Å². The lowest BCUT2D eigenvalue weighted by atomic mass is 10.1. The Labute approximate surface area is 187 Å². The Morgan fingerprint density at radius 1 is 0.903 bits per heavy atom. The Hall–Kier alpha value is -1.91. The van der Waals surface area contributed by atoms with E-state index < -0.39 is 20.0 Å². The highest BCUT2D eigenvalue weighted by Gasteiger charge is 2.30. The number of rotatable bonds is 7. The number of hydrogen-bond acceptors (Lipinski definition) is 5. The lowest BCUT2D eigenvalue weighted by molar-refractivity contribution is -0.497.